The molecule has 6 heteroatoms. The second-order valence-corrected chi connectivity index (χ2v) is 8.35. The van der Waals surface area contributed by atoms with Crippen molar-refractivity contribution in [2.45, 2.75) is 18.9 Å². The molecule has 0 saturated carbocycles. The third kappa shape index (κ3) is 4.88. The highest BCUT2D eigenvalue weighted by Crippen LogP contribution is 2.31. The number of rotatable bonds is 4. The number of halogens is 2. The van der Waals surface area contributed by atoms with Gasteiger partial charge >= 0.3 is 5.97 Å². The molecular formula is C22H21Cl2NO2S. The zero-order chi connectivity index (χ0) is 18.6. The summed E-state index contributed by atoms with van der Waals surface area (Å²) < 4.78 is 6.56. The lowest BCUT2D eigenvalue weighted by Gasteiger charge is -2.34. The van der Waals surface area contributed by atoms with Crippen molar-refractivity contribution in [1.82, 2.24) is 0 Å². The maximum atomic E-state index is 12.7. The molecule has 0 aliphatic carbocycles. The second kappa shape index (κ2) is 9.46. The van der Waals surface area contributed by atoms with Crippen LogP contribution in [0.3, 0.4) is 0 Å². The SMILES string of the molecule is Cl.O=C(OC1CCCN(c2ccccc2)C1)c1cccc(-c2ccc(Cl)s2)c1. The van der Waals surface area contributed by atoms with Gasteiger partial charge in [0.05, 0.1) is 16.4 Å². The Labute approximate surface area is 180 Å². The molecule has 1 saturated heterocycles. The maximum Gasteiger partial charge on any atom is 0.338 e. The van der Waals surface area contributed by atoms with Gasteiger partial charge in [-0.2, -0.15) is 0 Å². The summed E-state index contributed by atoms with van der Waals surface area (Å²) in [5.74, 6) is -0.264. The molecule has 1 fully saturated rings. The van der Waals surface area contributed by atoms with Crippen molar-refractivity contribution in [2.75, 3.05) is 18.0 Å². The van der Waals surface area contributed by atoms with Crippen molar-refractivity contribution < 1.29 is 9.53 Å². The van der Waals surface area contributed by atoms with Gasteiger partial charge in [0.25, 0.3) is 0 Å². The highest BCUT2D eigenvalue weighted by molar-refractivity contribution is 7.19. The Morgan fingerprint density at radius 1 is 1.07 bits per heavy atom. The van der Waals surface area contributed by atoms with Gasteiger partial charge in [0.1, 0.15) is 6.10 Å². The first-order valence-electron chi connectivity index (χ1n) is 9.06. The standard InChI is InChI=1S/C22H20ClNO2S.ClH/c23-21-12-11-20(27-21)16-6-4-7-17(14-16)22(25)26-19-10-5-13-24(15-19)18-8-2-1-3-9-18;/h1-4,6-9,11-12,14,19H,5,10,13,15H2;1H. The van der Waals surface area contributed by atoms with E-state index in [1.54, 1.807) is 6.07 Å². The van der Waals surface area contributed by atoms with E-state index in [1.165, 1.54) is 17.0 Å². The molecule has 0 spiro atoms. The highest BCUT2D eigenvalue weighted by Gasteiger charge is 2.24. The lowest BCUT2D eigenvalue weighted by Crippen LogP contribution is -2.40. The number of carbonyl (C=O) groups excluding carboxylic acids is 1. The van der Waals surface area contributed by atoms with Crippen LogP contribution in [0.5, 0.6) is 0 Å². The number of thiophene rings is 1. The number of hydrogen-bond donors (Lipinski definition) is 0. The average Bonchev–Trinajstić information content (AvgIpc) is 3.15. The fourth-order valence-electron chi connectivity index (χ4n) is 3.40. The molecule has 4 rings (SSSR count). The lowest BCUT2D eigenvalue weighted by atomic mass is 10.1. The number of hydrogen-bond acceptors (Lipinski definition) is 4. The normalized spacial score (nSPS) is 16.3. The van der Waals surface area contributed by atoms with Crippen LogP contribution < -0.4 is 4.90 Å². The van der Waals surface area contributed by atoms with Gasteiger partial charge < -0.3 is 9.64 Å². The van der Waals surface area contributed by atoms with Crippen LogP contribution in [0.1, 0.15) is 23.2 Å². The van der Waals surface area contributed by atoms with E-state index < -0.39 is 0 Å². The van der Waals surface area contributed by atoms with Crippen LogP contribution in [0.15, 0.2) is 66.7 Å². The summed E-state index contributed by atoms with van der Waals surface area (Å²) >= 11 is 7.53. The summed E-state index contributed by atoms with van der Waals surface area (Å²) in [4.78, 5) is 16.0. The van der Waals surface area contributed by atoms with Gasteiger partial charge in [-0.15, -0.1) is 23.7 Å². The van der Waals surface area contributed by atoms with E-state index in [-0.39, 0.29) is 24.5 Å². The molecule has 1 atom stereocenters. The summed E-state index contributed by atoms with van der Waals surface area (Å²) in [5, 5.41) is 0. The van der Waals surface area contributed by atoms with Gasteiger partial charge in [0.2, 0.25) is 0 Å². The molecule has 3 nitrogen and oxygen atoms in total. The van der Waals surface area contributed by atoms with Crippen molar-refractivity contribution >= 4 is 47.0 Å². The van der Waals surface area contributed by atoms with Crippen molar-refractivity contribution in [3.8, 4) is 10.4 Å². The van der Waals surface area contributed by atoms with E-state index >= 15 is 0 Å². The van der Waals surface area contributed by atoms with Gasteiger partial charge in [-0.3, -0.25) is 0 Å². The number of ether oxygens (including phenoxy) is 1. The molecule has 0 N–H and O–H groups in total. The Balaban J connectivity index is 0.00000225. The van der Waals surface area contributed by atoms with Crippen LogP contribution in [0.2, 0.25) is 4.34 Å². The third-order valence-corrected chi connectivity index (χ3v) is 6.01. The monoisotopic (exact) mass is 433 g/mol. The minimum Gasteiger partial charge on any atom is -0.457 e. The number of benzene rings is 2. The smallest absolute Gasteiger partial charge is 0.338 e. The largest absolute Gasteiger partial charge is 0.457 e. The van der Waals surface area contributed by atoms with E-state index in [9.17, 15) is 4.79 Å². The topological polar surface area (TPSA) is 29.5 Å². The molecule has 0 amide bonds. The second-order valence-electron chi connectivity index (χ2n) is 6.64. The van der Waals surface area contributed by atoms with Crippen molar-refractivity contribution in [1.29, 1.82) is 0 Å². The maximum absolute atomic E-state index is 12.7. The van der Waals surface area contributed by atoms with Crippen LogP contribution in [0.4, 0.5) is 5.69 Å². The van der Waals surface area contributed by atoms with Crippen molar-refractivity contribution in [2.24, 2.45) is 0 Å². The van der Waals surface area contributed by atoms with Crippen LogP contribution >= 0.6 is 35.3 Å². The van der Waals surface area contributed by atoms with E-state index in [2.05, 4.69) is 17.0 Å². The highest BCUT2D eigenvalue weighted by atomic mass is 35.5. The number of para-hydroxylation sites is 1. The molecule has 1 aromatic heterocycles. The number of carbonyl (C=O) groups is 1. The number of anilines is 1. The van der Waals surface area contributed by atoms with Gasteiger partial charge in [-0.25, -0.2) is 4.79 Å². The zero-order valence-corrected chi connectivity index (χ0v) is 17.6. The minimum absolute atomic E-state index is 0. The number of nitrogens with zero attached hydrogens (tertiary/aromatic N) is 1. The van der Waals surface area contributed by atoms with Crippen molar-refractivity contribution in [3.05, 3.63) is 76.6 Å². The molecule has 3 aromatic rings. The first kappa shape index (κ1) is 20.7. The Bertz CT molecular complexity index is 929. The third-order valence-electron chi connectivity index (χ3n) is 4.73. The fraction of sp³-hybridized carbons (Fsp3) is 0.227. The molecule has 2 heterocycles. The predicted molar refractivity (Wildman–Crippen MR) is 119 cm³/mol. The number of esters is 1. The Hall–Kier alpha value is -2.01. The summed E-state index contributed by atoms with van der Waals surface area (Å²) in [7, 11) is 0. The van der Waals surface area contributed by atoms with E-state index in [4.69, 9.17) is 16.3 Å². The zero-order valence-electron chi connectivity index (χ0n) is 15.2. The summed E-state index contributed by atoms with van der Waals surface area (Å²) in [6.07, 6.45) is 1.82. The Morgan fingerprint density at radius 2 is 1.89 bits per heavy atom. The summed E-state index contributed by atoms with van der Waals surface area (Å²) in [6, 6.07) is 21.7. The van der Waals surface area contributed by atoms with E-state index in [1.807, 2.05) is 48.5 Å². The van der Waals surface area contributed by atoms with Crippen molar-refractivity contribution in [3.63, 3.8) is 0 Å². The molecule has 28 heavy (non-hydrogen) atoms. The lowest BCUT2D eigenvalue weighted by molar-refractivity contribution is 0.0270. The molecule has 1 aliphatic heterocycles. The number of piperidine rings is 1. The molecule has 1 aliphatic rings. The molecule has 0 radical (unpaired) electrons. The molecular weight excluding hydrogens is 413 g/mol. The van der Waals surface area contributed by atoms with Crippen LogP contribution in [-0.2, 0) is 4.74 Å². The van der Waals surface area contributed by atoms with Gasteiger partial charge in [0, 0.05) is 17.1 Å². The van der Waals surface area contributed by atoms with Crippen LogP contribution in [0, 0.1) is 0 Å². The quantitative estimate of drug-likeness (QED) is 0.451. The molecule has 0 bridgehead atoms. The Kier molecular flexibility index (Phi) is 7.00. The minimum atomic E-state index is -0.264. The summed E-state index contributed by atoms with van der Waals surface area (Å²) in [6.45, 7) is 1.72. The van der Waals surface area contributed by atoms with E-state index in [0.29, 0.717) is 5.56 Å². The van der Waals surface area contributed by atoms with E-state index in [0.717, 1.165) is 40.7 Å². The summed E-state index contributed by atoms with van der Waals surface area (Å²) in [5.41, 5.74) is 2.74. The van der Waals surface area contributed by atoms with Crippen LogP contribution in [-0.4, -0.2) is 25.2 Å². The van der Waals surface area contributed by atoms with Gasteiger partial charge in [-0.1, -0.05) is 41.9 Å². The molecule has 1 unspecified atom stereocenters. The molecule has 2 aromatic carbocycles. The fourth-order valence-corrected chi connectivity index (χ4v) is 4.44. The van der Waals surface area contributed by atoms with Gasteiger partial charge in [-0.05, 0) is 54.8 Å². The first-order chi connectivity index (χ1) is 13.2. The first-order valence-corrected chi connectivity index (χ1v) is 10.3. The van der Waals surface area contributed by atoms with Crippen LogP contribution in [0.25, 0.3) is 10.4 Å². The van der Waals surface area contributed by atoms with Gasteiger partial charge in [0.15, 0.2) is 0 Å². The predicted octanol–water partition coefficient (Wildman–Crippen LogP) is 6.32. The average molecular weight is 434 g/mol. The Morgan fingerprint density at radius 3 is 2.64 bits per heavy atom. The molecule has 146 valence electrons.